The SMILES string of the molecule is CCCCN(CC)C(=O)C(NC(=O)c1c(F)cccc1F)C(C)C. The van der Waals surface area contributed by atoms with Crippen LogP contribution in [0.1, 0.15) is 50.9 Å². The first-order valence-corrected chi connectivity index (χ1v) is 8.37. The Morgan fingerprint density at radius 3 is 2.21 bits per heavy atom. The molecule has 0 saturated heterocycles. The molecule has 1 aromatic carbocycles. The Bertz CT molecular complexity index is 556. The van der Waals surface area contributed by atoms with Gasteiger partial charge in [-0.1, -0.05) is 33.3 Å². The predicted octanol–water partition coefficient (Wildman–Crippen LogP) is 3.37. The van der Waals surface area contributed by atoms with Gasteiger partial charge < -0.3 is 10.2 Å². The van der Waals surface area contributed by atoms with E-state index in [9.17, 15) is 18.4 Å². The zero-order valence-corrected chi connectivity index (χ0v) is 14.7. The van der Waals surface area contributed by atoms with Gasteiger partial charge in [-0.3, -0.25) is 9.59 Å². The Morgan fingerprint density at radius 1 is 1.17 bits per heavy atom. The van der Waals surface area contributed by atoms with Gasteiger partial charge in [0.1, 0.15) is 23.2 Å². The van der Waals surface area contributed by atoms with E-state index >= 15 is 0 Å². The van der Waals surface area contributed by atoms with E-state index in [1.54, 1.807) is 18.7 Å². The number of nitrogens with one attached hydrogen (secondary N) is 1. The second-order valence-electron chi connectivity index (χ2n) is 6.06. The van der Waals surface area contributed by atoms with Crippen molar-refractivity contribution in [2.75, 3.05) is 13.1 Å². The highest BCUT2D eigenvalue weighted by atomic mass is 19.1. The van der Waals surface area contributed by atoms with Crippen LogP contribution in [0.4, 0.5) is 8.78 Å². The highest BCUT2D eigenvalue weighted by molar-refractivity contribution is 5.98. The highest BCUT2D eigenvalue weighted by Crippen LogP contribution is 2.14. The van der Waals surface area contributed by atoms with Gasteiger partial charge in [0.2, 0.25) is 5.91 Å². The van der Waals surface area contributed by atoms with Crippen LogP contribution in [-0.4, -0.2) is 35.8 Å². The largest absolute Gasteiger partial charge is 0.341 e. The first-order chi connectivity index (χ1) is 11.3. The molecule has 0 radical (unpaired) electrons. The lowest BCUT2D eigenvalue weighted by molar-refractivity contribution is -0.134. The number of carbonyl (C=O) groups excluding carboxylic acids is 2. The molecule has 1 N–H and O–H groups in total. The number of unbranched alkanes of at least 4 members (excludes halogenated alkanes) is 1. The number of carbonyl (C=O) groups is 2. The van der Waals surface area contributed by atoms with Crippen molar-refractivity contribution in [1.82, 2.24) is 10.2 Å². The fourth-order valence-corrected chi connectivity index (χ4v) is 2.41. The molecule has 134 valence electrons. The van der Waals surface area contributed by atoms with E-state index in [1.807, 2.05) is 13.8 Å². The Morgan fingerprint density at radius 2 is 1.75 bits per heavy atom. The lowest BCUT2D eigenvalue weighted by atomic mass is 10.0. The maximum absolute atomic E-state index is 13.7. The molecular formula is C18H26F2N2O2. The Kier molecular flexibility index (Phi) is 7.82. The molecular weight excluding hydrogens is 314 g/mol. The van der Waals surface area contributed by atoms with Crippen molar-refractivity contribution in [3.8, 4) is 0 Å². The number of amides is 2. The predicted molar refractivity (Wildman–Crippen MR) is 89.6 cm³/mol. The summed E-state index contributed by atoms with van der Waals surface area (Å²) in [6, 6.07) is 2.40. The third-order valence-corrected chi connectivity index (χ3v) is 3.88. The van der Waals surface area contributed by atoms with Crippen LogP contribution in [0.2, 0.25) is 0 Å². The summed E-state index contributed by atoms with van der Waals surface area (Å²) < 4.78 is 27.5. The fraction of sp³-hybridized carbons (Fsp3) is 0.556. The van der Waals surface area contributed by atoms with E-state index < -0.39 is 29.1 Å². The van der Waals surface area contributed by atoms with Crippen LogP contribution in [0.3, 0.4) is 0 Å². The number of nitrogens with zero attached hydrogens (tertiary/aromatic N) is 1. The third-order valence-electron chi connectivity index (χ3n) is 3.88. The first kappa shape index (κ1) is 20.1. The minimum Gasteiger partial charge on any atom is -0.341 e. The van der Waals surface area contributed by atoms with E-state index in [1.165, 1.54) is 6.07 Å². The van der Waals surface area contributed by atoms with Crippen LogP contribution in [0, 0.1) is 17.6 Å². The van der Waals surface area contributed by atoms with Crippen molar-refractivity contribution in [2.45, 2.75) is 46.6 Å². The van der Waals surface area contributed by atoms with E-state index in [-0.39, 0.29) is 11.8 Å². The summed E-state index contributed by atoms with van der Waals surface area (Å²) in [6.07, 6.45) is 1.81. The molecule has 1 rings (SSSR count). The van der Waals surface area contributed by atoms with Crippen molar-refractivity contribution >= 4 is 11.8 Å². The molecule has 1 unspecified atom stereocenters. The molecule has 0 aliphatic carbocycles. The lowest BCUT2D eigenvalue weighted by Gasteiger charge is -2.29. The van der Waals surface area contributed by atoms with Gasteiger partial charge >= 0.3 is 0 Å². The van der Waals surface area contributed by atoms with Gasteiger partial charge in [0.05, 0.1) is 0 Å². The average molecular weight is 340 g/mol. The van der Waals surface area contributed by atoms with Crippen LogP contribution in [0.15, 0.2) is 18.2 Å². The summed E-state index contributed by atoms with van der Waals surface area (Å²) >= 11 is 0. The summed E-state index contributed by atoms with van der Waals surface area (Å²) in [7, 11) is 0. The second kappa shape index (κ2) is 9.35. The standard InChI is InChI=1S/C18H26F2N2O2/c1-5-7-11-22(6-2)18(24)16(12(3)4)21-17(23)15-13(19)9-8-10-14(15)20/h8-10,12,16H,5-7,11H2,1-4H3,(H,21,23). The molecule has 0 fully saturated rings. The molecule has 0 bridgehead atoms. The van der Waals surface area contributed by atoms with Crippen molar-refractivity contribution < 1.29 is 18.4 Å². The van der Waals surface area contributed by atoms with Crippen molar-refractivity contribution in [2.24, 2.45) is 5.92 Å². The molecule has 0 heterocycles. The summed E-state index contributed by atoms with van der Waals surface area (Å²) in [4.78, 5) is 26.6. The van der Waals surface area contributed by atoms with E-state index in [2.05, 4.69) is 5.32 Å². The third kappa shape index (κ3) is 5.01. The smallest absolute Gasteiger partial charge is 0.257 e. The quantitative estimate of drug-likeness (QED) is 0.789. The van der Waals surface area contributed by atoms with Gasteiger partial charge in [0.25, 0.3) is 5.91 Å². The zero-order valence-electron chi connectivity index (χ0n) is 14.7. The molecule has 0 aromatic heterocycles. The Balaban J connectivity index is 2.97. The number of benzene rings is 1. The zero-order chi connectivity index (χ0) is 18.3. The number of hydrogen-bond donors (Lipinski definition) is 1. The highest BCUT2D eigenvalue weighted by Gasteiger charge is 2.29. The molecule has 0 aliphatic heterocycles. The molecule has 0 aliphatic rings. The summed E-state index contributed by atoms with van der Waals surface area (Å²) in [5.41, 5.74) is -0.660. The number of rotatable bonds is 8. The van der Waals surface area contributed by atoms with Crippen LogP contribution in [0.5, 0.6) is 0 Å². The average Bonchev–Trinajstić information content (AvgIpc) is 2.52. The van der Waals surface area contributed by atoms with Crippen LogP contribution >= 0.6 is 0 Å². The topological polar surface area (TPSA) is 49.4 Å². The number of halogens is 2. The van der Waals surface area contributed by atoms with E-state index in [0.717, 1.165) is 25.0 Å². The van der Waals surface area contributed by atoms with Crippen LogP contribution in [0.25, 0.3) is 0 Å². The molecule has 2 amide bonds. The molecule has 4 nitrogen and oxygen atoms in total. The number of likely N-dealkylation sites (N-methyl/N-ethyl adjacent to an activating group) is 1. The van der Waals surface area contributed by atoms with Gasteiger partial charge in [-0.2, -0.15) is 0 Å². The van der Waals surface area contributed by atoms with Crippen molar-refractivity contribution in [1.29, 1.82) is 0 Å². The fourth-order valence-electron chi connectivity index (χ4n) is 2.41. The van der Waals surface area contributed by atoms with Gasteiger partial charge in [0, 0.05) is 13.1 Å². The molecule has 1 atom stereocenters. The molecule has 24 heavy (non-hydrogen) atoms. The monoisotopic (exact) mass is 340 g/mol. The van der Waals surface area contributed by atoms with Gasteiger partial charge in [-0.15, -0.1) is 0 Å². The van der Waals surface area contributed by atoms with E-state index in [0.29, 0.717) is 13.1 Å². The Labute approximate surface area is 142 Å². The van der Waals surface area contributed by atoms with Crippen molar-refractivity contribution in [3.05, 3.63) is 35.4 Å². The lowest BCUT2D eigenvalue weighted by Crippen LogP contribution is -2.51. The minimum absolute atomic E-state index is 0.202. The summed E-state index contributed by atoms with van der Waals surface area (Å²) in [5.74, 6) is -3.23. The maximum atomic E-state index is 13.7. The molecule has 6 heteroatoms. The van der Waals surface area contributed by atoms with E-state index in [4.69, 9.17) is 0 Å². The van der Waals surface area contributed by atoms with Gasteiger partial charge in [-0.25, -0.2) is 8.78 Å². The maximum Gasteiger partial charge on any atom is 0.257 e. The second-order valence-corrected chi connectivity index (χ2v) is 6.06. The molecule has 0 spiro atoms. The normalized spacial score (nSPS) is 12.1. The molecule has 1 aromatic rings. The first-order valence-electron chi connectivity index (χ1n) is 8.37. The summed E-state index contributed by atoms with van der Waals surface area (Å²) in [5, 5.41) is 2.50. The van der Waals surface area contributed by atoms with Gasteiger partial charge in [0.15, 0.2) is 0 Å². The number of hydrogen-bond acceptors (Lipinski definition) is 2. The van der Waals surface area contributed by atoms with Crippen LogP contribution < -0.4 is 5.32 Å². The summed E-state index contributed by atoms with van der Waals surface area (Å²) in [6.45, 7) is 8.58. The van der Waals surface area contributed by atoms with Gasteiger partial charge in [-0.05, 0) is 31.4 Å². The van der Waals surface area contributed by atoms with Crippen LogP contribution in [-0.2, 0) is 4.79 Å². The Hall–Kier alpha value is -1.98. The molecule has 0 saturated carbocycles. The van der Waals surface area contributed by atoms with Crippen molar-refractivity contribution in [3.63, 3.8) is 0 Å². The minimum atomic E-state index is -0.944.